The van der Waals surface area contributed by atoms with Crippen LogP contribution in [0.5, 0.6) is 0 Å². The van der Waals surface area contributed by atoms with Gasteiger partial charge in [0.05, 0.1) is 17.6 Å². The van der Waals surface area contributed by atoms with Gasteiger partial charge in [-0.1, -0.05) is 18.6 Å². The molecule has 1 spiro atoms. The highest BCUT2D eigenvalue weighted by molar-refractivity contribution is 5.89. The van der Waals surface area contributed by atoms with Crippen molar-refractivity contribution in [1.82, 2.24) is 4.90 Å². The monoisotopic (exact) mass is 260 g/mol. The van der Waals surface area contributed by atoms with Gasteiger partial charge in [0.2, 0.25) is 5.91 Å². The third-order valence-corrected chi connectivity index (χ3v) is 5.25. The highest BCUT2D eigenvalue weighted by Gasteiger charge is 2.73. The summed E-state index contributed by atoms with van der Waals surface area (Å²) in [4.78, 5) is 14.1. The standard InChI is InChI=1S/C15H17FN2O/c16-10-5-3-9(4-6-10)11-2-1-7-15(11)13-8-12(17)14(19)18(13)15/h3-6,11-13H,1-2,7-8,17H2. The fourth-order valence-corrected chi connectivity index (χ4v) is 4.45. The molecule has 3 fully saturated rings. The van der Waals surface area contributed by atoms with E-state index in [1.807, 2.05) is 17.0 Å². The van der Waals surface area contributed by atoms with Crippen LogP contribution in [-0.2, 0) is 4.79 Å². The zero-order chi connectivity index (χ0) is 13.2. The first-order chi connectivity index (χ1) is 9.14. The predicted molar refractivity (Wildman–Crippen MR) is 68.9 cm³/mol. The number of halogens is 1. The molecule has 19 heavy (non-hydrogen) atoms. The summed E-state index contributed by atoms with van der Waals surface area (Å²) in [5.41, 5.74) is 6.98. The number of fused-ring (bicyclic) bond motifs is 3. The lowest BCUT2D eigenvalue weighted by Crippen LogP contribution is -2.39. The van der Waals surface area contributed by atoms with Crippen molar-refractivity contribution in [3.63, 3.8) is 0 Å². The van der Waals surface area contributed by atoms with Gasteiger partial charge in [0.15, 0.2) is 0 Å². The largest absolute Gasteiger partial charge is 0.328 e. The second-order valence-corrected chi connectivity index (χ2v) is 6.05. The second-order valence-electron chi connectivity index (χ2n) is 6.05. The van der Waals surface area contributed by atoms with Crippen LogP contribution in [0.2, 0.25) is 0 Å². The van der Waals surface area contributed by atoms with E-state index in [1.54, 1.807) is 0 Å². The molecule has 0 aromatic heterocycles. The molecule has 2 saturated heterocycles. The Hall–Kier alpha value is -1.42. The van der Waals surface area contributed by atoms with Gasteiger partial charge in [0, 0.05) is 5.92 Å². The highest BCUT2D eigenvalue weighted by Crippen LogP contribution is 2.63. The van der Waals surface area contributed by atoms with E-state index >= 15 is 0 Å². The fraction of sp³-hybridized carbons (Fsp3) is 0.533. The van der Waals surface area contributed by atoms with Crippen molar-refractivity contribution in [2.24, 2.45) is 5.73 Å². The zero-order valence-electron chi connectivity index (χ0n) is 10.7. The van der Waals surface area contributed by atoms with Gasteiger partial charge in [-0.25, -0.2) is 4.39 Å². The summed E-state index contributed by atoms with van der Waals surface area (Å²) < 4.78 is 13.0. The quantitative estimate of drug-likeness (QED) is 0.782. The lowest BCUT2D eigenvalue weighted by Gasteiger charge is -2.23. The molecule has 4 rings (SSSR count). The molecule has 4 atom stereocenters. The van der Waals surface area contributed by atoms with Gasteiger partial charge in [0.1, 0.15) is 5.82 Å². The van der Waals surface area contributed by atoms with Crippen molar-refractivity contribution in [3.8, 4) is 0 Å². The predicted octanol–water partition coefficient (Wildman–Crippen LogP) is 1.77. The molecule has 1 aliphatic carbocycles. The van der Waals surface area contributed by atoms with Crippen molar-refractivity contribution in [3.05, 3.63) is 35.6 Å². The summed E-state index contributed by atoms with van der Waals surface area (Å²) >= 11 is 0. The summed E-state index contributed by atoms with van der Waals surface area (Å²) in [5.74, 6) is 0.263. The SMILES string of the molecule is NC1CC2N(C1=O)C21CCCC1c1ccc(F)cc1. The van der Waals surface area contributed by atoms with Crippen LogP contribution in [0.15, 0.2) is 24.3 Å². The number of benzene rings is 1. The van der Waals surface area contributed by atoms with Crippen molar-refractivity contribution < 1.29 is 9.18 Å². The lowest BCUT2D eigenvalue weighted by atomic mass is 9.83. The summed E-state index contributed by atoms with van der Waals surface area (Å²) in [6.45, 7) is 0. The first kappa shape index (κ1) is 11.4. The van der Waals surface area contributed by atoms with Crippen molar-refractivity contribution in [1.29, 1.82) is 0 Å². The Morgan fingerprint density at radius 3 is 2.68 bits per heavy atom. The number of hydrogen-bond donors (Lipinski definition) is 1. The number of amides is 1. The van der Waals surface area contributed by atoms with E-state index < -0.39 is 0 Å². The molecule has 4 unspecified atom stereocenters. The normalized spacial score (nSPS) is 40.0. The highest BCUT2D eigenvalue weighted by atomic mass is 19.1. The number of piperidine rings is 1. The number of nitrogens with zero attached hydrogens (tertiary/aromatic N) is 1. The van der Waals surface area contributed by atoms with Gasteiger partial charge in [0.25, 0.3) is 0 Å². The average molecular weight is 260 g/mol. The Labute approximate surface area is 111 Å². The van der Waals surface area contributed by atoms with Crippen molar-refractivity contribution in [2.45, 2.75) is 49.2 Å². The topological polar surface area (TPSA) is 46.1 Å². The molecule has 3 aliphatic rings. The van der Waals surface area contributed by atoms with Crippen LogP contribution >= 0.6 is 0 Å². The van der Waals surface area contributed by atoms with Gasteiger partial charge in [-0.05, 0) is 37.0 Å². The molecule has 1 amide bonds. The van der Waals surface area contributed by atoms with Gasteiger partial charge in [-0.2, -0.15) is 0 Å². The number of hydrogen-bond acceptors (Lipinski definition) is 2. The van der Waals surface area contributed by atoms with Crippen LogP contribution in [0.25, 0.3) is 0 Å². The molecule has 2 N–H and O–H groups in total. The fourth-order valence-electron chi connectivity index (χ4n) is 4.45. The van der Waals surface area contributed by atoms with E-state index in [0.717, 1.165) is 31.2 Å². The first-order valence-electron chi connectivity index (χ1n) is 6.99. The Morgan fingerprint density at radius 2 is 2.05 bits per heavy atom. The van der Waals surface area contributed by atoms with E-state index in [2.05, 4.69) is 0 Å². The molecule has 3 nitrogen and oxygen atoms in total. The molecule has 1 aromatic carbocycles. The summed E-state index contributed by atoms with van der Waals surface area (Å²) in [6.07, 6.45) is 4.08. The third-order valence-electron chi connectivity index (χ3n) is 5.25. The Morgan fingerprint density at radius 1 is 1.32 bits per heavy atom. The summed E-state index contributed by atoms with van der Waals surface area (Å²) in [5, 5.41) is 0. The van der Waals surface area contributed by atoms with Gasteiger partial charge < -0.3 is 10.6 Å². The maximum atomic E-state index is 13.0. The second kappa shape index (κ2) is 3.57. The van der Waals surface area contributed by atoms with E-state index in [1.165, 1.54) is 12.1 Å². The zero-order valence-corrected chi connectivity index (χ0v) is 10.7. The van der Waals surface area contributed by atoms with E-state index in [-0.39, 0.29) is 23.3 Å². The first-order valence-corrected chi connectivity index (χ1v) is 6.99. The van der Waals surface area contributed by atoms with E-state index in [9.17, 15) is 9.18 Å². The Kier molecular flexibility index (Phi) is 2.14. The minimum atomic E-state index is -0.301. The van der Waals surface area contributed by atoms with Gasteiger partial charge in [-0.15, -0.1) is 0 Å². The van der Waals surface area contributed by atoms with Crippen LogP contribution in [0.3, 0.4) is 0 Å². The number of rotatable bonds is 1. The summed E-state index contributed by atoms with van der Waals surface area (Å²) in [6, 6.07) is 6.79. The Bertz CT molecular complexity index is 544. The minimum absolute atomic E-state index is 0.00474. The van der Waals surface area contributed by atoms with Crippen LogP contribution in [0, 0.1) is 5.82 Å². The molecule has 1 saturated carbocycles. The van der Waals surface area contributed by atoms with Crippen LogP contribution in [0.4, 0.5) is 4.39 Å². The molecular weight excluding hydrogens is 243 g/mol. The molecular formula is C15H17FN2O. The van der Waals surface area contributed by atoms with Crippen molar-refractivity contribution in [2.75, 3.05) is 0 Å². The lowest BCUT2D eigenvalue weighted by molar-refractivity contribution is -0.126. The van der Waals surface area contributed by atoms with E-state index in [4.69, 9.17) is 5.73 Å². The van der Waals surface area contributed by atoms with Gasteiger partial charge >= 0.3 is 0 Å². The van der Waals surface area contributed by atoms with Crippen LogP contribution in [0.1, 0.15) is 37.2 Å². The third kappa shape index (κ3) is 1.32. The number of carbonyl (C=O) groups is 1. The molecule has 1 aromatic rings. The maximum Gasteiger partial charge on any atom is 0.240 e. The number of nitrogens with two attached hydrogens (primary N) is 1. The molecule has 2 heterocycles. The minimum Gasteiger partial charge on any atom is -0.328 e. The van der Waals surface area contributed by atoms with Crippen LogP contribution in [-0.4, -0.2) is 28.4 Å². The van der Waals surface area contributed by atoms with E-state index in [0.29, 0.717) is 12.0 Å². The maximum absolute atomic E-state index is 13.0. The smallest absolute Gasteiger partial charge is 0.240 e. The molecule has 2 aliphatic heterocycles. The summed E-state index contributed by atoms with van der Waals surface area (Å²) in [7, 11) is 0. The molecule has 100 valence electrons. The van der Waals surface area contributed by atoms with Crippen LogP contribution < -0.4 is 5.73 Å². The Balaban J connectivity index is 1.68. The number of carbonyl (C=O) groups excluding carboxylic acids is 1. The van der Waals surface area contributed by atoms with Gasteiger partial charge in [-0.3, -0.25) is 4.79 Å². The average Bonchev–Trinajstić information content (AvgIpc) is 2.69. The molecule has 4 heteroatoms. The molecule has 0 bridgehead atoms. The molecule has 0 radical (unpaired) electrons. The van der Waals surface area contributed by atoms with Crippen molar-refractivity contribution >= 4 is 5.91 Å².